The van der Waals surface area contributed by atoms with Crippen LogP contribution in [0, 0.1) is 0 Å². The molecule has 20 heavy (non-hydrogen) atoms. The molecule has 0 spiro atoms. The number of benzene rings is 1. The summed E-state index contributed by atoms with van der Waals surface area (Å²) in [6.07, 6.45) is 2.34. The highest BCUT2D eigenvalue weighted by Gasteiger charge is 2.29. The molecule has 2 aliphatic rings. The van der Waals surface area contributed by atoms with E-state index in [1.165, 1.54) is 17.5 Å². The zero-order valence-electron chi connectivity index (χ0n) is 11.7. The first-order valence-corrected chi connectivity index (χ1v) is 8.90. The highest BCUT2D eigenvalue weighted by atomic mass is 32.2. The van der Waals surface area contributed by atoms with E-state index in [4.69, 9.17) is 0 Å². The van der Waals surface area contributed by atoms with Crippen LogP contribution in [0.5, 0.6) is 0 Å². The lowest BCUT2D eigenvalue weighted by atomic mass is 9.98. The summed E-state index contributed by atoms with van der Waals surface area (Å²) >= 11 is 0. The molecular weight excluding hydrogens is 274 g/mol. The molecule has 1 unspecified atom stereocenters. The minimum atomic E-state index is -3.04. The van der Waals surface area contributed by atoms with Crippen LogP contribution in [0.3, 0.4) is 0 Å². The van der Waals surface area contributed by atoms with Crippen molar-refractivity contribution < 1.29 is 8.42 Å². The number of fused-ring (bicyclic) bond motifs is 1. The van der Waals surface area contributed by atoms with Crippen LogP contribution in [0.15, 0.2) is 24.3 Å². The summed E-state index contributed by atoms with van der Waals surface area (Å²) in [6, 6.07) is 8.88. The number of anilines is 1. The predicted octanol–water partition coefficient (Wildman–Crippen LogP) is 0.600. The monoisotopic (exact) mass is 295 g/mol. The van der Waals surface area contributed by atoms with E-state index in [2.05, 4.69) is 34.5 Å². The minimum absolute atomic E-state index is 0.464. The average Bonchev–Trinajstić information content (AvgIpc) is 2.46. The van der Waals surface area contributed by atoms with Crippen molar-refractivity contribution in [2.45, 2.75) is 12.5 Å². The fraction of sp³-hybridized carbons (Fsp3) is 0.571. The summed E-state index contributed by atoms with van der Waals surface area (Å²) in [6.45, 7) is 3.80. The van der Waals surface area contributed by atoms with E-state index in [0.717, 1.165) is 26.1 Å². The van der Waals surface area contributed by atoms with Gasteiger partial charge in [-0.2, -0.15) is 4.31 Å². The van der Waals surface area contributed by atoms with Gasteiger partial charge in [0.05, 0.1) is 6.26 Å². The molecule has 0 aliphatic carbocycles. The van der Waals surface area contributed by atoms with Gasteiger partial charge in [-0.15, -0.1) is 0 Å². The van der Waals surface area contributed by atoms with Gasteiger partial charge < -0.3 is 5.32 Å². The summed E-state index contributed by atoms with van der Waals surface area (Å²) in [5, 5.41) is 3.48. The van der Waals surface area contributed by atoms with E-state index >= 15 is 0 Å². The summed E-state index contributed by atoms with van der Waals surface area (Å²) in [4.78, 5) is 2.41. The van der Waals surface area contributed by atoms with Crippen LogP contribution in [0.25, 0.3) is 0 Å². The second-order valence-electron chi connectivity index (χ2n) is 5.59. The van der Waals surface area contributed by atoms with Crippen molar-refractivity contribution in [1.82, 2.24) is 9.21 Å². The molecule has 0 radical (unpaired) electrons. The van der Waals surface area contributed by atoms with Crippen LogP contribution >= 0.6 is 0 Å². The molecule has 1 atom stereocenters. The van der Waals surface area contributed by atoms with Gasteiger partial charge in [-0.05, 0) is 18.1 Å². The Morgan fingerprint density at radius 1 is 1.15 bits per heavy atom. The Morgan fingerprint density at radius 2 is 1.85 bits per heavy atom. The van der Waals surface area contributed by atoms with Gasteiger partial charge in [0, 0.05) is 44.5 Å². The van der Waals surface area contributed by atoms with Crippen molar-refractivity contribution in [1.29, 1.82) is 0 Å². The van der Waals surface area contributed by atoms with E-state index in [-0.39, 0.29) is 0 Å². The molecule has 2 aliphatic heterocycles. The Balaban J connectivity index is 1.63. The molecule has 0 amide bonds. The molecule has 0 bridgehead atoms. The molecule has 2 heterocycles. The standard InChI is InChI=1S/C14H21N3O2S/c1-20(18,19)17-8-6-16(7-9-17)13-10-12-4-2-3-5-14(12)15-11-13/h2-5,13,15H,6-11H2,1H3. The van der Waals surface area contributed by atoms with Crippen LogP contribution in [0.2, 0.25) is 0 Å². The number of piperazine rings is 1. The Kier molecular flexibility index (Phi) is 3.70. The maximum absolute atomic E-state index is 11.5. The number of hydrogen-bond donors (Lipinski definition) is 1. The van der Waals surface area contributed by atoms with Gasteiger partial charge in [0.2, 0.25) is 10.0 Å². The van der Waals surface area contributed by atoms with Crippen LogP contribution in [-0.4, -0.2) is 62.6 Å². The number of nitrogens with zero attached hydrogens (tertiary/aromatic N) is 2. The van der Waals surface area contributed by atoms with E-state index < -0.39 is 10.0 Å². The first-order chi connectivity index (χ1) is 9.54. The van der Waals surface area contributed by atoms with Crippen molar-refractivity contribution in [3.63, 3.8) is 0 Å². The largest absolute Gasteiger partial charge is 0.383 e. The molecule has 5 nitrogen and oxygen atoms in total. The van der Waals surface area contributed by atoms with Crippen LogP contribution in [0.4, 0.5) is 5.69 Å². The molecule has 110 valence electrons. The number of para-hydroxylation sites is 1. The molecular formula is C14H21N3O2S. The third-order valence-corrected chi connectivity index (χ3v) is 5.56. The van der Waals surface area contributed by atoms with Gasteiger partial charge in [0.1, 0.15) is 0 Å². The SMILES string of the molecule is CS(=O)(=O)N1CCN(C2CNc3ccccc3C2)CC1. The van der Waals surface area contributed by atoms with Gasteiger partial charge in [-0.1, -0.05) is 18.2 Å². The van der Waals surface area contributed by atoms with Crippen molar-refractivity contribution in [2.75, 3.05) is 44.3 Å². The lowest BCUT2D eigenvalue weighted by Crippen LogP contribution is -2.54. The van der Waals surface area contributed by atoms with Gasteiger partial charge in [-0.25, -0.2) is 8.42 Å². The highest BCUT2D eigenvalue weighted by Crippen LogP contribution is 2.24. The minimum Gasteiger partial charge on any atom is -0.383 e. The van der Waals surface area contributed by atoms with Crippen LogP contribution < -0.4 is 5.32 Å². The Hall–Kier alpha value is -1.11. The van der Waals surface area contributed by atoms with E-state index in [1.54, 1.807) is 4.31 Å². The maximum atomic E-state index is 11.5. The van der Waals surface area contributed by atoms with Gasteiger partial charge in [0.15, 0.2) is 0 Å². The first-order valence-electron chi connectivity index (χ1n) is 7.05. The Labute approximate surface area is 120 Å². The Morgan fingerprint density at radius 3 is 2.55 bits per heavy atom. The van der Waals surface area contributed by atoms with E-state index in [0.29, 0.717) is 19.1 Å². The molecule has 3 rings (SSSR count). The topological polar surface area (TPSA) is 52.7 Å². The molecule has 1 N–H and O–H groups in total. The summed E-state index contributed by atoms with van der Waals surface area (Å²) in [5.41, 5.74) is 2.59. The summed E-state index contributed by atoms with van der Waals surface area (Å²) in [5.74, 6) is 0. The van der Waals surface area contributed by atoms with Crippen LogP contribution in [0.1, 0.15) is 5.56 Å². The van der Waals surface area contributed by atoms with Crippen molar-refractivity contribution in [2.24, 2.45) is 0 Å². The van der Waals surface area contributed by atoms with Gasteiger partial charge >= 0.3 is 0 Å². The number of sulfonamides is 1. The number of hydrogen-bond acceptors (Lipinski definition) is 4. The summed E-state index contributed by atoms with van der Waals surface area (Å²) < 4.78 is 24.6. The second-order valence-corrected chi connectivity index (χ2v) is 7.58. The average molecular weight is 295 g/mol. The highest BCUT2D eigenvalue weighted by molar-refractivity contribution is 7.88. The van der Waals surface area contributed by atoms with Gasteiger partial charge in [-0.3, -0.25) is 4.90 Å². The lowest BCUT2D eigenvalue weighted by molar-refractivity contribution is 0.140. The zero-order valence-corrected chi connectivity index (χ0v) is 12.6. The number of nitrogens with one attached hydrogen (secondary N) is 1. The molecule has 0 aromatic heterocycles. The van der Waals surface area contributed by atoms with Crippen molar-refractivity contribution in [3.8, 4) is 0 Å². The molecule has 1 fully saturated rings. The van der Waals surface area contributed by atoms with Crippen LogP contribution in [-0.2, 0) is 16.4 Å². The molecule has 1 saturated heterocycles. The predicted molar refractivity (Wildman–Crippen MR) is 80.4 cm³/mol. The molecule has 1 aromatic carbocycles. The maximum Gasteiger partial charge on any atom is 0.211 e. The second kappa shape index (κ2) is 5.35. The first kappa shape index (κ1) is 13.9. The van der Waals surface area contributed by atoms with Gasteiger partial charge in [0.25, 0.3) is 0 Å². The van der Waals surface area contributed by atoms with E-state index in [9.17, 15) is 8.42 Å². The van der Waals surface area contributed by atoms with Crippen molar-refractivity contribution in [3.05, 3.63) is 29.8 Å². The Bertz CT molecular complexity index is 580. The summed E-state index contributed by atoms with van der Waals surface area (Å²) in [7, 11) is -3.04. The third-order valence-electron chi connectivity index (χ3n) is 4.26. The smallest absolute Gasteiger partial charge is 0.211 e. The fourth-order valence-corrected chi connectivity index (χ4v) is 3.91. The fourth-order valence-electron chi connectivity index (χ4n) is 3.08. The third kappa shape index (κ3) is 2.82. The lowest BCUT2D eigenvalue weighted by Gasteiger charge is -2.40. The molecule has 0 saturated carbocycles. The van der Waals surface area contributed by atoms with E-state index in [1.807, 2.05) is 0 Å². The number of rotatable bonds is 2. The molecule has 1 aromatic rings. The van der Waals surface area contributed by atoms with Crippen molar-refractivity contribution >= 4 is 15.7 Å². The normalized spacial score (nSPS) is 24.9. The molecule has 6 heteroatoms. The quantitative estimate of drug-likeness (QED) is 0.868. The zero-order chi connectivity index (χ0) is 14.2.